The second-order valence-corrected chi connectivity index (χ2v) is 8.47. The molecular formula is C16H21N5O5S. The van der Waals surface area contributed by atoms with Gasteiger partial charge in [0.25, 0.3) is 0 Å². The zero-order valence-corrected chi connectivity index (χ0v) is 15.6. The molecule has 0 bridgehead atoms. The second-order valence-electron chi connectivity index (χ2n) is 6.56. The molecule has 4 rings (SSSR count). The normalized spacial score (nSPS) is 20.2. The highest BCUT2D eigenvalue weighted by atomic mass is 32.2. The van der Waals surface area contributed by atoms with Crippen molar-refractivity contribution in [2.45, 2.75) is 4.90 Å². The Morgan fingerprint density at radius 1 is 1.04 bits per heavy atom. The predicted octanol–water partition coefficient (Wildman–Crippen LogP) is -0.612. The number of piperazine rings is 1. The van der Waals surface area contributed by atoms with Crippen LogP contribution in [0.15, 0.2) is 27.7 Å². The van der Waals surface area contributed by atoms with E-state index in [4.69, 9.17) is 4.74 Å². The van der Waals surface area contributed by atoms with Crippen LogP contribution in [-0.2, 0) is 19.6 Å². The number of nitrogens with zero attached hydrogens (tertiary/aromatic N) is 5. The first kappa shape index (κ1) is 18.3. The van der Waals surface area contributed by atoms with Gasteiger partial charge in [0, 0.05) is 39.3 Å². The first-order valence-electron chi connectivity index (χ1n) is 8.85. The van der Waals surface area contributed by atoms with E-state index in [9.17, 15) is 13.2 Å². The monoisotopic (exact) mass is 395 g/mol. The molecule has 3 heterocycles. The molecule has 1 aromatic heterocycles. The van der Waals surface area contributed by atoms with Crippen LogP contribution in [0.25, 0.3) is 11.0 Å². The van der Waals surface area contributed by atoms with E-state index in [-0.39, 0.29) is 16.3 Å². The number of aromatic nitrogens is 2. The summed E-state index contributed by atoms with van der Waals surface area (Å²) in [6, 6.07) is 4.78. The number of carbonyl (C=O) groups is 1. The summed E-state index contributed by atoms with van der Waals surface area (Å²) < 4.78 is 37.3. The first-order valence-corrected chi connectivity index (χ1v) is 10.3. The van der Waals surface area contributed by atoms with E-state index in [0.29, 0.717) is 64.5 Å². The SMILES string of the molecule is O=C(CN1CCN(S(=O)(=O)c2cccc3nonc23)CC1)N1CCOCC1. The zero-order valence-electron chi connectivity index (χ0n) is 14.8. The van der Waals surface area contributed by atoms with E-state index in [1.807, 2.05) is 4.90 Å². The van der Waals surface area contributed by atoms with Crippen molar-refractivity contribution in [3.63, 3.8) is 0 Å². The molecule has 27 heavy (non-hydrogen) atoms. The highest BCUT2D eigenvalue weighted by molar-refractivity contribution is 7.89. The van der Waals surface area contributed by atoms with Crippen LogP contribution in [0.4, 0.5) is 0 Å². The van der Waals surface area contributed by atoms with Crippen molar-refractivity contribution in [1.82, 2.24) is 24.4 Å². The largest absolute Gasteiger partial charge is 0.378 e. The number of rotatable bonds is 4. The summed E-state index contributed by atoms with van der Waals surface area (Å²) in [5.41, 5.74) is 0.647. The lowest BCUT2D eigenvalue weighted by atomic mass is 10.3. The Morgan fingerprint density at radius 2 is 1.78 bits per heavy atom. The molecule has 0 spiro atoms. The van der Waals surface area contributed by atoms with Gasteiger partial charge in [0.2, 0.25) is 15.9 Å². The molecule has 0 radical (unpaired) electrons. The molecular weight excluding hydrogens is 374 g/mol. The Bertz CT molecular complexity index is 916. The van der Waals surface area contributed by atoms with Gasteiger partial charge in [-0.3, -0.25) is 9.69 Å². The molecule has 0 N–H and O–H groups in total. The molecule has 2 aliphatic heterocycles. The number of fused-ring (bicyclic) bond motifs is 1. The van der Waals surface area contributed by atoms with E-state index in [1.54, 1.807) is 17.0 Å². The number of hydrogen-bond donors (Lipinski definition) is 0. The van der Waals surface area contributed by atoms with Crippen LogP contribution in [0.1, 0.15) is 0 Å². The molecule has 2 aromatic rings. The lowest BCUT2D eigenvalue weighted by Crippen LogP contribution is -2.52. The fraction of sp³-hybridized carbons (Fsp3) is 0.562. The van der Waals surface area contributed by atoms with Gasteiger partial charge in [-0.1, -0.05) is 6.07 Å². The molecule has 0 aliphatic carbocycles. The molecule has 10 nitrogen and oxygen atoms in total. The number of amides is 1. The Morgan fingerprint density at radius 3 is 2.52 bits per heavy atom. The fourth-order valence-corrected chi connectivity index (χ4v) is 4.92. The minimum atomic E-state index is -3.70. The summed E-state index contributed by atoms with van der Waals surface area (Å²) in [7, 11) is -3.70. The predicted molar refractivity (Wildman–Crippen MR) is 94.4 cm³/mol. The van der Waals surface area contributed by atoms with Crippen LogP contribution in [0, 0.1) is 0 Å². The molecule has 2 saturated heterocycles. The van der Waals surface area contributed by atoms with Crippen LogP contribution in [0.3, 0.4) is 0 Å². The summed E-state index contributed by atoms with van der Waals surface area (Å²) in [5, 5.41) is 7.42. The van der Waals surface area contributed by atoms with Crippen molar-refractivity contribution in [2.75, 3.05) is 59.0 Å². The van der Waals surface area contributed by atoms with Crippen LogP contribution in [0.5, 0.6) is 0 Å². The van der Waals surface area contributed by atoms with Gasteiger partial charge in [-0.15, -0.1) is 0 Å². The van der Waals surface area contributed by atoms with Crippen molar-refractivity contribution >= 4 is 27.0 Å². The van der Waals surface area contributed by atoms with Gasteiger partial charge in [0.1, 0.15) is 10.4 Å². The molecule has 0 saturated carbocycles. The number of morpholine rings is 1. The Balaban J connectivity index is 1.40. The van der Waals surface area contributed by atoms with Crippen LogP contribution in [0.2, 0.25) is 0 Å². The topological polar surface area (TPSA) is 109 Å². The van der Waals surface area contributed by atoms with Gasteiger partial charge in [0.15, 0.2) is 5.52 Å². The maximum Gasteiger partial charge on any atom is 0.245 e. The quantitative estimate of drug-likeness (QED) is 0.674. The van der Waals surface area contributed by atoms with Crippen molar-refractivity contribution in [2.24, 2.45) is 0 Å². The van der Waals surface area contributed by atoms with E-state index in [0.717, 1.165) is 0 Å². The van der Waals surface area contributed by atoms with E-state index < -0.39 is 10.0 Å². The highest BCUT2D eigenvalue weighted by Crippen LogP contribution is 2.24. The number of sulfonamides is 1. The average Bonchev–Trinajstić information content (AvgIpc) is 3.18. The third kappa shape index (κ3) is 3.68. The van der Waals surface area contributed by atoms with Crippen molar-refractivity contribution in [3.8, 4) is 0 Å². The highest BCUT2D eigenvalue weighted by Gasteiger charge is 2.32. The Hall–Kier alpha value is -2.08. The molecule has 146 valence electrons. The van der Waals surface area contributed by atoms with Crippen molar-refractivity contribution < 1.29 is 22.6 Å². The van der Waals surface area contributed by atoms with Crippen LogP contribution < -0.4 is 0 Å². The third-order valence-electron chi connectivity index (χ3n) is 4.92. The molecule has 0 unspecified atom stereocenters. The third-order valence-corrected chi connectivity index (χ3v) is 6.85. The minimum absolute atomic E-state index is 0.0630. The van der Waals surface area contributed by atoms with E-state index in [2.05, 4.69) is 14.9 Å². The molecule has 11 heteroatoms. The maximum absolute atomic E-state index is 13.0. The van der Waals surface area contributed by atoms with Gasteiger partial charge in [-0.25, -0.2) is 13.0 Å². The van der Waals surface area contributed by atoms with Crippen LogP contribution >= 0.6 is 0 Å². The summed E-state index contributed by atoms with van der Waals surface area (Å²) >= 11 is 0. The van der Waals surface area contributed by atoms with Gasteiger partial charge < -0.3 is 9.64 Å². The lowest BCUT2D eigenvalue weighted by Gasteiger charge is -2.35. The summed E-state index contributed by atoms with van der Waals surface area (Å²) in [5.74, 6) is 0.0630. The Labute approximate surface area is 156 Å². The summed E-state index contributed by atoms with van der Waals surface area (Å²) in [6.07, 6.45) is 0. The summed E-state index contributed by atoms with van der Waals surface area (Å²) in [4.78, 5) is 16.2. The van der Waals surface area contributed by atoms with Crippen molar-refractivity contribution in [3.05, 3.63) is 18.2 Å². The van der Waals surface area contributed by atoms with Gasteiger partial charge in [-0.05, 0) is 22.4 Å². The smallest absolute Gasteiger partial charge is 0.245 e. The molecule has 1 amide bonds. The standard InChI is InChI=1S/C16H21N5O5S/c22-15(20-8-10-25-11-9-20)12-19-4-6-21(7-5-19)27(23,24)14-3-1-2-13-16(14)18-26-17-13/h1-3H,4-12H2. The summed E-state index contributed by atoms with van der Waals surface area (Å²) in [6.45, 7) is 4.31. The van der Waals surface area contributed by atoms with Crippen molar-refractivity contribution in [1.29, 1.82) is 0 Å². The number of ether oxygens (including phenoxy) is 1. The van der Waals surface area contributed by atoms with E-state index >= 15 is 0 Å². The van der Waals surface area contributed by atoms with Gasteiger partial charge >= 0.3 is 0 Å². The lowest BCUT2D eigenvalue weighted by molar-refractivity contribution is -0.136. The molecule has 0 atom stereocenters. The second kappa shape index (κ2) is 7.50. The zero-order chi connectivity index (χ0) is 18.9. The molecule has 1 aromatic carbocycles. The average molecular weight is 395 g/mol. The van der Waals surface area contributed by atoms with Gasteiger partial charge in [0.05, 0.1) is 19.8 Å². The number of carbonyl (C=O) groups excluding carboxylic acids is 1. The first-order chi connectivity index (χ1) is 13.1. The van der Waals surface area contributed by atoms with Crippen LogP contribution in [-0.4, -0.2) is 97.8 Å². The number of benzene rings is 1. The fourth-order valence-electron chi connectivity index (χ4n) is 3.36. The minimum Gasteiger partial charge on any atom is -0.378 e. The molecule has 2 fully saturated rings. The van der Waals surface area contributed by atoms with E-state index in [1.165, 1.54) is 10.4 Å². The Kier molecular flexibility index (Phi) is 5.08. The number of hydrogen-bond acceptors (Lipinski definition) is 8. The maximum atomic E-state index is 13.0. The molecule has 2 aliphatic rings. The van der Waals surface area contributed by atoms with Gasteiger partial charge in [-0.2, -0.15) is 4.31 Å².